The van der Waals surface area contributed by atoms with Gasteiger partial charge in [-0.1, -0.05) is 0 Å². The first kappa shape index (κ1) is 6.77. The third kappa shape index (κ3) is 1.80. The van der Waals surface area contributed by atoms with E-state index in [2.05, 4.69) is 25.9 Å². The summed E-state index contributed by atoms with van der Waals surface area (Å²) >= 11 is 3.15. The number of aliphatic hydroxyl groups excluding tert-OH is 1. The van der Waals surface area contributed by atoms with E-state index in [0.29, 0.717) is 11.2 Å². The third-order valence-corrected chi connectivity index (χ3v) is 1.38. The molecule has 0 bridgehead atoms. The van der Waals surface area contributed by atoms with Gasteiger partial charge in [0.15, 0.2) is 4.73 Å². The Morgan fingerprint density at radius 2 is 2.56 bits per heavy atom. The van der Waals surface area contributed by atoms with E-state index < -0.39 is 0 Å². The van der Waals surface area contributed by atoms with E-state index in [4.69, 9.17) is 5.11 Å². The maximum atomic E-state index is 8.47. The fourth-order valence-corrected chi connectivity index (χ4v) is 0.936. The molecule has 0 amide bonds. The van der Waals surface area contributed by atoms with Gasteiger partial charge >= 0.3 is 0 Å². The van der Waals surface area contributed by atoms with Crippen molar-refractivity contribution in [2.45, 2.75) is 6.42 Å². The molecule has 0 saturated carbocycles. The molecule has 0 radical (unpaired) electrons. The van der Waals surface area contributed by atoms with Gasteiger partial charge in [0.2, 0.25) is 0 Å². The summed E-state index contributed by atoms with van der Waals surface area (Å²) in [4.78, 5) is 6.81. The van der Waals surface area contributed by atoms with E-state index >= 15 is 0 Å². The van der Waals surface area contributed by atoms with Gasteiger partial charge in [-0.3, -0.25) is 0 Å². The van der Waals surface area contributed by atoms with Gasteiger partial charge in [-0.2, -0.15) is 0 Å². The number of halogens is 1. The van der Waals surface area contributed by atoms with Gasteiger partial charge in [0.25, 0.3) is 0 Å². The maximum Gasteiger partial charge on any atom is 0.174 e. The van der Waals surface area contributed by atoms with Crippen molar-refractivity contribution < 1.29 is 5.11 Å². The molecule has 9 heavy (non-hydrogen) atoms. The molecule has 0 aliphatic rings. The van der Waals surface area contributed by atoms with E-state index in [9.17, 15) is 0 Å². The van der Waals surface area contributed by atoms with Crippen LogP contribution >= 0.6 is 15.9 Å². The Bertz CT molecular complexity index is 187. The van der Waals surface area contributed by atoms with Gasteiger partial charge in [0, 0.05) is 24.9 Å². The summed E-state index contributed by atoms with van der Waals surface area (Å²) in [6, 6.07) is 0. The summed E-state index contributed by atoms with van der Waals surface area (Å²) in [5, 5.41) is 8.47. The molecule has 0 aromatic carbocycles. The fourth-order valence-electron chi connectivity index (χ4n) is 0.579. The number of aliphatic hydroxyl groups is 1. The lowest BCUT2D eigenvalue weighted by atomic mass is 10.4. The minimum atomic E-state index is 0.161. The lowest BCUT2D eigenvalue weighted by molar-refractivity contribution is 0.298. The molecule has 4 heteroatoms. The van der Waals surface area contributed by atoms with Crippen molar-refractivity contribution in [1.29, 1.82) is 0 Å². The van der Waals surface area contributed by atoms with Crippen LogP contribution in [0.3, 0.4) is 0 Å². The molecule has 50 valence electrons. The first-order valence-corrected chi connectivity index (χ1v) is 3.42. The highest BCUT2D eigenvalue weighted by molar-refractivity contribution is 9.10. The number of hydrogen-bond donors (Lipinski definition) is 2. The standard InChI is InChI=1S/C5H7BrN2O/c6-5-7-3-4(8-5)1-2-9/h3,9H,1-2H2,(H,7,8). The van der Waals surface area contributed by atoms with Crippen LogP contribution < -0.4 is 0 Å². The van der Waals surface area contributed by atoms with Crippen LogP contribution in [0.2, 0.25) is 0 Å². The predicted octanol–water partition coefficient (Wildman–Crippen LogP) is 0.707. The molecule has 1 aromatic heterocycles. The molecule has 0 atom stereocenters. The average molecular weight is 191 g/mol. The first-order valence-electron chi connectivity index (χ1n) is 2.63. The lowest BCUT2D eigenvalue weighted by Crippen LogP contribution is -1.89. The first-order chi connectivity index (χ1) is 4.33. The van der Waals surface area contributed by atoms with Crippen molar-refractivity contribution >= 4 is 15.9 Å². The molecule has 0 fully saturated rings. The summed E-state index contributed by atoms with van der Waals surface area (Å²) < 4.78 is 0.714. The second-order valence-electron chi connectivity index (χ2n) is 1.67. The number of nitrogens with one attached hydrogen (secondary N) is 1. The molecule has 1 aromatic rings. The Morgan fingerprint density at radius 3 is 3.00 bits per heavy atom. The number of nitrogens with zero attached hydrogens (tertiary/aromatic N) is 1. The van der Waals surface area contributed by atoms with Crippen molar-refractivity contribution in [3.8, 4) is 0 Å². The van der Waals surface area contributed by atoms with Crippen molar-refractivity contribution in [3.63, 3.8) is 0 Å². The second kappa shape index (κ2) is 2.98. The highest BCUT2D eigenvalue weighted by Gasteiger charge is 1.93. The average Bonchev–Trinajstić information content (AvgIpc) is 2.17. The number of imidazole rings is 1. The molecule has 0 aliphatic heterocycles. The molecule has 1 rings (SSSR count). The van der Waals surface area contributed by atoms with E-state index in [1.165, 1.54) is 0 Å². The minimum Gasteiger partial charge on any atom is -0.396 e. The summed E-state index contributed by atoms with van der Waals surface area (Å²) in [6.07, 6.45) is 2.33. The highest BCUT2D eigenvalue weighted by atomic mass is 79.9. The van der Waals surface area contributed by atoms with Crippen LogP contribution in [0, 0.1) is 0 Å². The Labute approximate surface area is 61.3 Å². The second-order valence-corrected chi connectivity index (χ2v) is 2.42. The molecular weight excluding hydrogens is 184 g/mol. The van der Waals surface area contributed by atoms with Crippen LogP contribution in [-0.2, 0) is 6.42 Å². The third-order valence-electron chi connectivity index (χ3n) is 0.979. The molecule has 0 unspecified atom stereocenters. The quantitative estimate of drug-likeness (QED) is 0.722. The van der Waals surface area contributed by atoms with Gasteiger partial charge in [0.1, 0.15) is 0 Å². The Kier molecular flexibility index (Phi) is 2.24. The number of aromatic nitrogens is 2. The van der Waals surface area contributed by atoms with Crippen LogP contribution in [0.4, 0.5) is 0 Å². The lowest BCUT2D eigenvalue weighted by Gasteiger charge is -1.86. The summed E-state index contributed by atoms with van der Waals surface area (Å²) in [5.41, 5.74) is 0.948. The van der Waals surface area contributed by atoms with Gasteiger partial charge in [-0.25, -0.2) is 4.98 Å². The topological polar surface area (TPSA) is 48.9 Å². The smallest absolute Gasteiger partial charge is 0.174 e. The monoisotopic (exact) mass is 190 g/mol. The Hall–Kier alpha value is -0.350. The van der Waals surface area contributed by atoms with Gasteiger partial charge in [-0.15, -0.1) is 0 Å². The normalized spacial score (nSPS) is 10.0. The molecule has 3 nitrogen and oxygen atoms in total. The van der Waals surface area contributed by atoms with E-state index in [0.717, 1.165) is 5.69 Å². The Balaban J connectivity index is 2.61. The van der Waals surface area contributed by atoms with Gasteiger partial charge in [0.05, 0.1) is 0 Å². The summed E-state index contributed by atoms with van der Waals surface area (Å²) in [5.74, 6) is 0. The fraction of sp³-hybridized carbons (Fsp3) is 0.400. The van der Waals surface area contributed by atoms with Crippen molar-refractivity contribution in [2.24, 2.45) is 0 Å². The van der Waals surface area contributed by atoms with Crippen LogP contribution in [0.1, 0.15) is 5.69 Å². The Morgan fingerprint density at radius 1 is 1.78 bits per heavy atom. The summed E-state index contributed by atoms with van der Waals surface area (Å²) in [7, 11) is 0. The highest BCUT2D eigenvalue weighted by Crippen LogP contribution is 2.03. The van der Waals surface area contributed by atoms with Crippen LogP contribution in [0.15, 0.2) is 10.9 Å². The molecular formula is C5H7BrN2O. The summed E-state index contributed by atoms with van der Waals surface area (Å²) in [6.45, 7) is 0.161. The minimum absolute atomic E-state index is 0.161. The van der Waals surface area contributed by atoms with Gasteiger partial charge in [-0.05, 0) is 15.9 Å². The van der Waals surface area contributed by atoms with E-state index in [1.807, 2.05) is 0 Å². The van der Waals surface area contributed by atoms with Gasteiger partial charge < -0.3 is 10.1 Å². The molecule has 0 spiro atoms. The van der Waals surface area contributed by atoms with Crippen LogP contribution in [0.5, 0.6) is 0 Å². The maximum absolute atomic E-state index is 8.47. The molecule has 0 aliphatic carbocycles. The SMILES string of the molecule is OCCc1cnc(Br)[nH]1. The zero-order valence-electron chi connectivity index (χ0n) is 4.76. The molecule has 1 heterocycles. The number of hydrogen-bond acceptors (Lipinski definition) is 2. The van der Waals surface area contributed by atoms with Crippen LogP contribution in [-0.4, -0.2) is 21.7 Å². The van der Waals surface area contributed by atoms with Crippen molar-refractivity contribution in [3.05, 3.63) is 16.6 Å². The van der Waals surface area contributed by atoms with Crippen LogP contribution in [0.25, 0.3) is 0 Å². The van der Waals surface area contributed by atoms with Crippen molar-refractivity contribution in [2.75, 3.05) is 6.61 Å². The zero-order chi connectivity index (χ0) is 6.69. The molecule has 2 N–H and O–H groups in total. The van der Waals surface area contributed by atoms with E-state index in [-0.39, 0.29) is 6.61 Å². The number of rotatable bonds is 2. The predicted molar refractivity (Wildman–Crippen MR) is 37.1 cm³/mol. The largest absolute Gasteiger partial charge is 0.396 e. The van der Waals surface area contributed by atoms with Crippen molar-refractivity contribution in [1.82, 2.24) is 9.97 Å². The number of aromatic amines is 1. The number of H-pyrrole nitrogens is 1. The zero-order valence-corrected chi connectivity index (χ0v) is 6.35. The molecule has 0 saturated heterocycles. The van der Waals surface area contributed by atoms with E-state index in [1.54, 1.807) is 6.20 Å².